The van der Waals surface area contributed by atoms with Crippen LogP contribution in [0.15, 0.2) is 12.1 Å². The van der Waals surface area contributed by atoms with Gasteiger partial charge < -0.3 is 19.7 Å². The van der Waals surface area contributed by atoms with Crippen LogP contribution >= 0.6 is 11.6 Å². The molecular formula is C13H17ClO5. The quantitative estimate of drug-likeness (QED) is 0.841. The van der Waals surface area contributed by atoms with Gasteiger partial charge in [0.2, 0.25) is 0 Å². The molecule has 2 N–H and O–H groups in total. The van der Waals surface area contributed by atoms with Gasteiger partial charge in [-0.3, -0.25) is 4.79 Å². The Morgan fingerprint density at radius 2 is 2.00 bits per heavy atom. The van der Waals surface area contributed by atoms with Crippen LogP contribution in [0.4, 0.5) is 0 Å². The molecule has 0 spiro atoms. The largest absolute Gasteiger partial charge is 0.493 e. The van der Waals surface area contributed by atoms with Crippen molar-refractivity contribution < 1.29 is 24.5 Å². The van der Waals surface area contributed by atoms with Crippen molar-refractivity contribution in [2.24, 2.45) is 5.92 Å². The molecule has 1 aromatic rings. The third-order valence-electron chi connectivity index (χ3n) is 2.87. The van der Waals surface area contributed by atoms with Crippen LogP contribution in [0.1, 0.15) is 25.0 Å². The van der Waals surface area contributed by atoms with Gasteiger partial charge in [-0.25, -0.2) is 0 Å². The van der Waals surface area contributed by atoms with E-state index < -0.39 is 18.0 Å². The lowest BCUT2D eigenvalue weighted by Crippen LogP contribution is -2.14. The Kier molecular flexibility index (Phi) is 5.44. The SMILES string of the molecule is COc1ccc(C(O)C(C)CC(=O)O)c(Cl)c1OC. The lowest BCUT2D eigenvalue weighted by molar-refractivity contribution is -0.139. The standard InChI is InChI=1S/C13H17ClO5/c1-7(6-10(15)16)12(17)8-4-5-9(18-2)13(19-3)11(8)14/h4-5,7,12,17H,6H2,1-3H3,(H,15,16). The van der Waals surface area contributed by atoms with Gasteiger partial charge in [0, 0.05) is 5.56 Å². The van der Waals surface area contributed by atoms with E-state index in [9.17, 15) is 9.90 Å². The number of aliphatic hydroxyl groups excluding tert-OH is 1. The van der Waals surface area contributed by atoms with E-state index in [0.29, 0.717) is 17.1 Å². The second-order valence-corrected chi connectivity index (χ2v) is 4.60. The molecule has 1 aromatic carbocycles. The number of hydrogen-bond acceptors (Lipinski definition) is 4. The molecule has 0 bridgehead atoms. The van der Waals surface area contributed by atoms with Gasteiger partial charge >= 0.3 is 5.97 Å². The summed E-state index contributed by atoms with van der Waals surface area (Å²) >= 11 is 6.16. The lowest BCUT2D eigenvalue weighted by atomic mass is 9.94. The van der Waals surface area contributed by atoms with E-state index in [1.165, 1.54) is 14.2 Å². The summed E-state index contributed by atoms with van der Waals surface area (Å²) in [6.07, 6.45) is -1.13. The molecule has 0 aliphatic heterocycles. The smallest absolute Gasteiger partial charge is 0.303 e. The molecule has 19 heavy (non-hydrogen) atoms. The summed E-state index contributed by atoms with van der Waals surface area (Å²) < 4.78 is 10.2. The molecular weight excluding hydrogens is 272 g/mol. The van der Waals surface area contributed by atoms with Crippen LogP contribution in [0, 0.1) is 5.92 Å². The molecule has 0 aliphatic rings. The van der Waals surface area contributed by atoms with Gasteiger partial charge in [0.05, 0.1) is 31.8 Å². The number of benzene rings is 1. The molecule has 0 saturated carbocycles. The predicted molar refractivity (Wildman–Crippen MR) is 70.9 cm³/mol. The van der Waals surface area contributed by atoms with Gasteiger partial charge in [0.15, 0.2) is 11.5 Å². The molecule has 0 fully saturated rings. The van der Waals surface area contributed by atoms with E-state index in [2.05, 4.69) is 0 Å². The van der Waals surface area contributed by atoms with Crippen molar-refractivity contribution in [2.45, 2.75) is 19.4 Å². The van der Waals surface area contributed by atoms with Crippen molar-refractivity contribution in [3.63, 3.8) is 0 Å². The first-order valence-electron chi connectivity index (χ1n) is 5.72. The highest BCUT2D eigenvalue weighted by Gasteiger charge is 2.24. The zero-order valence-corrected chi connectivity index (χ0v) is 11.8. The Labute approximate surface area is 116 Å². The minimum atomic E-state index is -0.983. The first-order valence-corrected chi connectivity index (χ1v) is 6.10. The molecule has 5 nitrogen and oxygen atoms in total. The molecule has 2 unspecified atom stereocenters. The number of aliphatic carboxylic acids is 1. The lowest BCUT2D eigenvalue weighted by Gasteiger charge is -2.20. The van der Waals surface area contributed by atoms with E-state index in [0.717, 1.165) is 0 Å². The molecule has 0 radical (unpaired) electrons. The predicted octanol–water partition coefficient (Wildman–Crippen LogP) is 2.50. The van der Waals surface area contributed by atoms with Crippen molar-refractivity contribution in [1.29, 1.82) is 0 Å². The molecule has 0 heterocycles. The maximum atomic E-state index is 10.7. The Balaban J connectivity index is 3.10. The second-order valence-electron chi connectivity index (χ2n) is 4.22. The molecule has 106 valence electrons. The number of halogens is 1. The average Bonchev–Trinajstić information content (AvgIpc) is 2.36. The maximum Gasteiger partial charge on any atom is 0.303 e. The van der Waals surface area contributed by atoms with Gasteiger partial charge in [0.25, 0.3) is 0 Å². The Morgan fingerprint density at radius 1 is 1.37 bits per heavy atom. The van der Waals surface area contributed by atoms with Crippen molar-refractivity contribution in [1.82, 2.24) is 0 Å². The number of rotatable bonds is 6. The second kappa shape index (κ2) is 6.63. The summed E-state index contributed by atoms with van der Waals surface area (Å²) in [7, 11) is 2.93. The Morgan fingerprint density at radius 3 is 2.47 bits per heavy atom. The molecule has 0 amide bonds. The Bertz CT molecular complexity index is 461. The van der Waals surface area contributed by atoms with Crippen LogP contribution < -0.4 is 9.47 Å². The summed E-state index contributed by atoms with van der Waals surface area (Å²) in [5.74, 6) is -0.658. The van der Waals surface area contributed by atoms with E-state index in [1.807, 2.05) is 0 Å². The number of aliphatic hydroxyl groups is 1. The van der Waals surface area contributed by atoms with E-state index in [1.54, 1.807) is 19.1 Å². The number of methoxy groups -OCH3 is 2. The van der Waals surface area contributed by atoms with Crippen molar-refractivity contribution in [3.05, 3.63) is 22.7 Å². The fourth-order valence-electron chi connectivity index (χ4n) is 1.83. The number of hydrogen-bond donors (Lipinski definition) is 2. The normalized spacial score (nSPS) is 13.7. The maximum absolute atomic E-state index is 10.7. The molecule has 0 aliphatic carbocycles. The van der Waals surface area contributed by atoms with E-state index in [4.69, 9.17) is 26.2 Å². The van der Waals surface area contributed by atoms with Gasteiger partial charge in [-0.2, -0.15) is 0 Å². The zero-order chi connectivity index (χ0) is 14.6. The topological polar surface area (TPSA) is 76.0 Å². The third-order valence-corrected chi connectivity index (χ3v) is 3.26. The highest BCUT2D eigenvalue weighted by Crippen LogP contribution is 2.41. The fourth-order valence-corrected chi connectivity index (χ4v) is 2.17. The van der Waals surface area contributed by atoms with Crippen molar-refractivity contribution in [3.8, 4) is 11.5 Å². The Hall–Kier alpha value is -1.46. The minimum absolute atomic E-state index is 0.147. The molecule has 0 saturated heterocycles. The first-order chi connectivity index (χ1) is 8.92. The number of carbonyl (C=O) groups is 1. The van der Waals surface area contributed by atoms with Gasteiger partial charge in [-0.05, 0) is 12.0 Å². The summed E-state index contributed by atoms with van der Waals surface area (Å²) in [6, 6.07) is 3.23. The average molecular weight is 289 g/mol. The number of carboxylic acids is 1. The van der Waals surface area contributed by atoms with Crippen LogP contribution in [0.5, 0.6) is 11.5 Å². The summed E-state index contributed by atoms with van der Waals surface area (Å²) in [5.41, 5.74) is 0.424. The molecule has 0 aromatic heterocycles. The van der Waals surface area contributed by atoms with E-state index >= 15 is 0 Å². The molecule has 2 atom stereocenters. The highest BCUT2D eigenvalue weighted by molar-refractivity contribution is 6.33. The van der Waals surface area contributed by atoms with Crippen LogP contribution in [0.2, 0.25) is 5.02 Å². The van der Waals surface area contributed by atoms with Crippen LogP contribution in [-0.2, 0) is 4.79 Å². The van der Waals surface area contributed by atoms with Gasteiger partial charge in [0.1, 0.15) is 0 Å². The van der Waals surface area contributed by atoms with Crippen LogP contribution in [-0.4, -0.2) is 30.4 Å². The number of carboxylic acid groups (broad SMARTS) is 1. The summed E-state index contributed by atoms with van der Waals surface area (Å²) in [5, 5.41) is 19.1. The van der Waals surface area contributed by atoms with Crippen molar-refractivity contribution in [2.75, 3.05) is 14.2 Å². The number of ether oxygens (including phenoxy) is 2. The monoisotopic (exact) mass is 288 g/mol. The zero-order valence-electron chi connectivity index (χ0n) is 11.0. The molecule has 1 rings (SSSR count). The molecule has 6 heteroatoms. The highest BCUT2D eigenvalue weighted by atomic mass is 35.5. The van der Waals surface area contributed by atoms with Crippen LogP contribution in [0.3, 0.4) is 0 Å². The summed E-state index contributed by atoms with van der Waals surface area (Å²) in [6.45, 7) is 1.64. The van der Waals surface area contributed by atoms with Crippen LogP contribution in [0.25, 0.3) is 0 Å². The van der Waals surface area contributed by atoms with E-state index in [-0.39, 0.29) is 11.4 Å². The summed E-state index contributed by atoms with van der Waals surface area (Å²) in [4.78, 5) is 10.7. The minimum Gasteiger partial charge on any atom is -0.493 e. The van der Waals surface area contributed by atoms with Crippen molar-refractivity contribution >= 4 is 17.6 Å². The first kappa shape index (κ1) is 15.6. The van der Waals surface area contributed by atoms with Gasteiger partial charge in [-0.1, -0.05) is 24.6 Å². The van der Waals surface area contributed by atoms with Gasteiger partial charge in [-0.15, -0.1) is 0 Å². The third kappa shape index (κ3) is 3.52. The fraction of sp³-hybridized carbons (Fsp3) is 0.462.